The lowest BCUT2D eigenvalue weighted by molar-refractivity contribution is 0.0264. The molecule has 12 heteroatoms. The second-order valence-corrected chi connectivity index (χ2v) is 10.7. The Morgan fingerprint density at radius 3 is 2.55 bits per heavy atom. The molecule has 1 saturated heterocycles. The van der Waals surface area contributed by atoms with Crippen molar-refractivity contribution >= 4 is 16.0 Å². The molecule has 204 valence electrons. The van der Waals surface area contributed by atoms with E-state index in [0.29, 0.717) is 42.9 Å². The third kappa shape index (κ3) is 7.15. The van der Waals surface area contributed by atoms with E-state index in [1.165, 1.54) is 18.2 Å². The number of imidazole rings is 1. The molecular weight excluding hydrogens is 520 g/mol. The zero-order valence-corrected chi connectivity index (χ0v) is 21.9. The van der Waals surface area contributed by atoms with Crippen LogP contribution >= 0.6 is 0 Å². The predicted octanol–water partition coefficient (Wildman–Crippen LogP) is 3.54. The number of ether oxygens (including phenoxy) is 2. The van der Waals surface area contributed by atoms with Gasteiger partial charge >= 0.3 is 0 Å². The lowest BCUT2D eigenvalue weighted by Crippen LogP contribution is -2.43. The highest BCUT2D eigenvalue weighted by molar-refractivity contribution is 7.85. The molecule has 0 unspecified atom stereocenters. The molecule has 2 aromatic carbocycles. The summed E-state index contributed by atoms with van der Waals surface area (Å²) in [5, 5.41) is 0. The minimum Gasteiger partial charge on any atom is -0.488 e. The van der Waals surface area contributed by atoms with Gasteiger partial charge < -0.3 is 18.9 Å². The molecular formula is C26H29F2N3O6S. The Morgan fingerprint density at radius 1 is 1.13 bits per heavy atom. The Labute approximate surface area is 220 Å². The summed E-state index contributed by atoms with van der Waals surface area (Å²) >= 11 is 0. The van der Waals surface area contributed by atoms with Gasteiger partial charge in [-0.15, -0.1) is 0 Å². The maximum Gasteiger partial charge on any atom is 0.274 e. The molecule has 0 spiro atoms. The maximum atomic E-state index is 14.9. The number of carbonyl (C=O) groups is 1. The van der Waals surface area contributed by atoms with Crippen LogP contribution in [0, 0.1) is 11.6 Å². The summed E-state index contributed by atoms with van der Waals surface area (Å²) in [6.07, 6.45) is 5.47. The van der Waals surface area contributed by atoms with Crippen LogP contribution in [0.1, 0.15) is 28.9 Å². The van der Waals surface area contributed by atoms with E-state index in [2.05, 4.69) is 9.17 Å². The van der Waals surface area contributed by atoms with Gasteiger partial charge in [0.05, 0.1) is 12.6 Å². The smallest absolute Gasteiger partial charge is 0.274 e. The average Bonchev–Trinajstić information content (AvgIpc) is 3.33. The van der Waals surface area contributed by atoms with Crippen LogP contribution < -0.4 is 4.74 Å². The second-order valence-electron chi connectivity index (χ2n) is 9.03. The molecule has 0 N–H and O–H groups in total. The standard InChI is InChI=1S/C26H29F2N3O6S/c1-30-16-24(29-17-30)26(32)31(20-7-9-35-10-8-20)15-18-3-5-22(27)21(13-18)19-4-6-23(28)25(14-19)36-11-12-37-38(2,33)34/h3-6,13-14,16-17,20H,7-12,15H2,1-2H3. The molecule has 0 atom stereocenters. The molecule has 1 amide bonds. The first kappa shape index (κ1) is 27.7. The summed E-state index contributed by atoms with van der Waals surface area (Å²) in [5.74, 6) is -1.60. The normalized spacial score (nSPS) is 14.4. The first-order valence-corrected chi connectivity index (χ1v) is 13.8. The summed E-state index contributed by atoms with van der Waals surface area (Å²) in [6.45, 7) is 0.795. The first-order chi connectivity index (χ1) is 18.1. The Kier molecular flexibility index (Phi) is 8.75. The Morgan fingerprint density at radius 2 is 1.87 bits per heavy atom. The Balaban J connectivity index is 1.57. The quantitative estimate of drug-likeness (QED) is 0.282. The van der Waals surface area contributed by atoms with Crippen LogP contribution in [-0.2, 0) is 32.6 Å². The van der Waals surface area contributed by atoms with Gasteiger partial charge in [0.15, 0.2) is 11.6 Å². The second kappa shape index (κ2) is 12.0. The van der Waals surface area contributed by atoms with Crippen molar-refractivity contribution in [2.24, 2.45) is 7.05 Å². The lowest BCUT2D eigenvalue weighted by Gasteiger charge is -2.34. The molecule has 1 fully saturated rings. The number of hydrogen-bond acceptors (Lipinski definition) is 7. The minimum atomic E-state index is -3.65. The lowest BCUT2D eigenvalue weighted by atomic mass is 10.0. The van der Waals surface area contributed by atoms with Crippen molar-refractivity contribution in [3.63, 3.8) is 0 Å². The van der Waals surface area contributed by atoms with Gasteiger partial charge in [0.2, 0.25) is 0 Å². The van der Waals surface area contributed by atoms with Crippen LogP contribution in [0.3, 0.4) is 0 Å². The molecule has 9 nitrogen and oxygen atoms in total. The number of rotatable bonds is 10. The monoisotopic (exact) mass is 549 g/mol. The fourth-order valence-electron chi connectivity index (χ4n) is 4.24. The van der Waals surface area contributed by atoms with E-state index in [1.807, 2.05) is 0 Å². The highest BCUT2D eigenvalue weighted by Crippen LogP contribution is 2.30. The van der Waals surface area contributed by atoms with E-state index in [-0.39, 0.29) is 43.0 Å². The Bertz CT molecular complexity index is 1390. The van der Waals surface area contributed by atoms with Gasteiger partial charge in [-0.3, -0.25) is 8.98 Å². The van der Waals surface area contributed by atoms with Crippen molar-refractivity contribution in [1.82, 2.24) is 14.5 Å². The summed E-state index contributed by atoms with van der Waals surface area (Å²) < 4.78 is 68.5. The van der Waals surface area contributed by atoms with Crippen molar-refractivity contribution < 1.29 is 35.6 Å². The maximum absolute atomic E-state index is 14.9. The summed E-state index contributed by atoms with van der Waals surface area (Å²) in [6, 6.07) is 8.39. The molecule has 38 heavy (non-hydrogen) atoms. The van der Waals surface area contributed by atoms with Gasteiger partial charge in [-0.1, -0.05) is 12.1 Å². The molecule has 1 aliphatic rings. The van der Waals surface area contributed by atoms with E-state index in [1.54, 1.807) is 41.2 Å². The van der Waals surface area contributed by atoms with E-state index < -0.39 is 21.8 Å². The van der Waals surface area contributed by atoms with Crippen LogP contribution in [0.2, 0.25) is 0 Å². The summed E-state index contributed by atoms with van der Waals surface area (Å²) in [4.78, 5) is 19.3. The van der Waals surface area contributed by atoms with Crippen molar-refractivity contribution in [3.8, 4) is 16.9 Å². The van der Waals surface area contributed by atoms with Gasteiger partial charge in [0.25, 0.3) is 16.0 Å². The molecule has 0 saturated carbocycles. The van der Waals surface area contributed by atoms with Crippen LogP contribution in [-0.4, -0.2) is 67.5 Å². The SMILES string of the molecule is Cn1cnc(C(=O)N(Cc2ccc(F)c(-c3ccc(F)c(OCCOS(C)(=O)=O)c3)c2)C2CCOCC2)c1. The van der Waals surface area contributed by atoms with Crippen molar-refractivity contribution in [1.29, 1.82) is 0 Å². The topological polar surface area (TPSA) is 100.0 Å². The minimum absolute atomic E-state index is 0.0632. The van der Waals surface area contributed by atoms with Crippen LogP contribution in [0.25, 0.3) is 11.1 Å². The molecule has 4 rings (SSSR count). The molecule has 0 aliphatic carbocycles. The van der Waals surface area contributed by atoms with E-state index in [0.717, 1.165) is 12.3 Å². The third-order valence-corrected chi connectivity index (χ3v) is 6.68. The first-order valence-electron chi connectivity index (χ1n) is 12.0. The van der Waals surface area contributed by atoms with E-state index in [4.69, 9.17) is 9.47 Å². The Hall–Kier alpha value is -3.35. The average molecular weight is 550 g/mol. The molecule has 0 radical (unpaired) electrons. The highest BCUT2D eigenvalue weighted by atomic mass is 32.2. The zero-order valence-electron chi connectivity index (χ0n) is 21.1. The van der Waals surface area contributed by atoms with E-state index >= 15 is 0 Å². The van der Waals surface area contributed by atoms with Gasteiger partial charge in [-0.05, 0) is 48.2 Å². The number of nitrogens with zero attached hydrogens (tertiary/aromatic N) is 3. The predicted molar refractivity (Wildman–Crippen MR) is 135 cm³/mol. The molecule has 2 heterocycles. The van der Waals surface area contributed by atoms with Crippen LogP contribution in [0.5, 0.6) is 5.75 Å². The summed E-state index contributed by atoms with van der Waals surface area (Å²) in [5.41, 5.74) is 1.57. The molecule has 3 aromatic rings. The number of aromatic nitrogens is 2. The van der Waals surface area contributed by atoms with Crippen LogP contribution in [0.15, 0.2) is 48.9 Å². The fraction of sp³-hybridized carbons (Fsp3) is 0.385. The number of aryl methyl sites for hydroxylation is 1. The van der Waals surface area contributed by atoms with Gasteiger partial charge in [-0.25, -0.2) is 13.8 Å². The number of halogens is 2. The number of carbonyl (C=O) groups excluding carboxylic acids is 1. The van der Waals surface area contributed by atoms with Gasteiger partial charge in [0.1, 0.15) is 24.7 Å². The number of hydrogen-bond donors (Lipinski definition) is 0. The van der Waals surface area contributed by atoms with Crippen molar-refractivity contribution in [2.75, 3.05) is 32.7 Å². The van der Waals surface area contributed by atoms with E-state index in [9.17, 15) is 22.0 Å². The van der Waals surface area contributed by atoms with Gasteiger partial charge in [-0.2, -0.15) is 8.42 Å². The molecule has 1 aromatic heterocycles. The number of amides is 1. The van der Waals surface area contributed by atoms with Crippen LogP contribution in [0.4, 0.5) is 8.78 Å². The summed E-state index contributed by atoms with van der Waals surface area (Å²) in [7, 11) is -1.87. The largest absolute Gasteiger partial charge is 0.488 e. The molecule has 0 bridgehead atoms. The third-order valence-electron chi connectivity index (χ3n) is 6.08. The fourth-order valence-corrected chi connectivity index (χ4v) is 4.61. The highest BCUT2D eigenvalue weighted by Gasteiger charge is 2.28. The zero-order chi connectivity index (χ0) is 27.3. The number of benzene rings is 2. The molecule has 1 aliphatic heterocycles. The van der Waals surface area contributed by atoms with Crippen molar-refractivity contribution in [2.45, 2.75) is 25.4 Å². The van der Waals surface area contributed by atoms with Crippen molar-refractivity contribution in [3.05, 3.63) is 71.8 Å². The van der Waals surface area contributed by atoms with Gasteiger partial charge in [0, 0.05) is 44.6 Å².